The predicted octanol–water partition coefficient (Wildman–Crippen LogP) is 4.36. The lowest BCUT2D eigenvalue weighted by Gasteiger charge is -2.21. The van der Waals surface area contributed by atoms with Crippen LogP contribution in [0.5, 0.6) is 17.2 Å². The fourth-order valence-electron chi connectivity index (χ4n) is 3.53. The summed E-state index contributed by atoms with van der Waals surface area (Å²) in [5.74, 6) is 1.80. The average molecular weight is 416 g/mol. The van der Waals surface area contributed by atoms with Crippen molar-refractivity contribution < 1.29 is 19.0 Å². The summed E-state index contributed by atoms with van der Waals surface area (Å²) >= 11 is 0. The van der Waals surface area contributed by atoms with Crippen LogP contribution in [0.25, 0.3) is 10.8 Å². The molecule has 0 bridgehead atoms. The van der Waals surface area contributed by atoms with Gasteiger partial charge in [-0.2, -0.15) is 0 Å². The Balaban J connectivity index is 0.00000300. The summed E-state index contributed by atoms with van der Waals surface area (Å²) in [7, 11) is 4.80. The Labute approximate surface area is 177 Å². The van der Waals surface area contributed by atoms with Crippen molar-refractivity contribution in [1.82, 2.24) is 5.32 Å². The third-order valence-electron chi connectivity index (χ3n) is 4.81. The Kier molecular flexibility index (Phi) is 8.31. The molecule has 3 aromatic rings. The summed E-state index contributed by atoms with van der Waals surface area (Å²) in [6.07, 6.45) is 1.55. The van der Waals surface area contributed by atoms with Gasteiger partial charge in [0.05, 0.1) is 27.9 Å². The minimum Gasteiger partial charge on any atom is -0.493 e. The number of carbonyl (C=O) groups is 1. The van der Waals surface area contributed by atoms with Gasteiger partial charge in [0.2, 0.25) is 5.75 Å². The van der Waals surface area contributed by atoms with Crippen LogP contribution in [0.2, 0.25) is 0 Å². The number of halogens is 1. The van der Waals surface area contributed by atoms with E-state index in [4.69, 9.17) is 14.2 Å². The Morgan fingerprint density at radius 2 is 1.59 bits per heavy atom. The Morgan fingerprint density at radius 1 is 0.931 bits per heavy atom. The third kappa shape index (κ3) is 5.00. The molecule has 5 nitrogen and oxygen atoms in total. The van der Waals surface area contributed by atoms with Crippen LogP contribution in [0.4, 0.5) is 0 Å². The van der Waals surface area contributed by atoms with Gasteiger partial charge in [0.1, 0.15) is 6.29 Å². The van der Waals surface area contributed by atoms with Crippen molar-refractivity contribution in [2.45, 2.75) is 12.5 Å². The normalized spacial score (nSPS) is 11.4. The molecule has 0 spiro atoms. The van der Waals surface area contributed by atoms with E-state index in [1.165, 1.54) is 10.8 Å². The molecule has 0 fully saturated rings. The van der Waals surface area contributed by atoms with Crippen LogP contribution in [-0.4, -0.2) is 34.2 Å². The highest BCUT2D eigenvalue weighted by atomic mass is 35.5. The van der Waals surface area contributed by atoms with Gasteiger partial charge in [0.25, 0.3) is 0 Å². The summed E-state index contributed by atoms with van der Waals surface area (Å²) in [4.78, 5) is 11.0. The van der Waals surface area contributed by atoms with Gasteiger partial charge in [0.15, 0.2) is 11.5 Å². The number of rotatable bonds is 9. The molecule has 1 N–H and O–H groups in total. The van der Waals surface area contributed by atoms with E-state index in [2.05, 4.69) is 29.6 Å². The molecule has 0 amide bonds. The fourth-order valence-corrected chi connectivity index (χ4v) is 3.53. The quantitative estimate of drug-likeness (QED) is 0.526. The maximum absolute atomic E-state index is 11.0. The van der Waals surface area contributed by atoms with Crippen molar-refractivity contribution in [2.24, 2.45) is 0 Å². The van der Waals surface area contributed by atoms with Gasteiger partial charge in [-0.3, -0.25) is 0 Å². The number of benzene rings is 3. The molecule has 0 aliphatic heterocycles. The number of ether oxygens (including phenoxy) is 3. The number of nitrogens with one attached hydrogen (secondary N) is 1. The molecule has 0 heterocycles. The second-order valence-electron chi connectivity index (χ2n) is 6.43. The zero-order valence-electron chi connectivity index (χ0n) is 16.8. The van der Waals surface area contributed by atoms with Crippen LogP contribution in [0.1, 0.15) is 17.2 Å². The largest absolute Gasteiger partial charge is 0.493 e. The summed E-state index contributed by atoms with van der Waals surface area (Å²) < 4.78 is 16.4. The Morgan fingerprint density at radius 3 is 2.21 bits per heavy atom. The molecule has 3 aromatic carbocycles. The zero-order chi connectivity index (χ0) is 19.9. The van der Waals surface area contributed by atoms with E-state index in [-0.39, 0.29) is 25.0 Å². The molecule has 0 aliphatic rings. The second kappa shape index (κ2) is 10.7. The summed E-state index contributed by atoms with van der Waals surface area (Å²) in [5.41, 5.74) is 2.17. The van der Waals surface area contributed by atoms with Crippen molar-refractivity contribution in [3.63, 3.8) is 0 Å². The highest BCUT2D eigenvalue weighted by Crippen LogP contribution is 2.39. The molecule has 0 aromatic heterocycles. The van der Waals surface area contributed by atoms with Crippen molar-refractivity contribution in [3.8, 4) is 17.2 Å². The molecule has 6 heteroatoms. The van der Waals surface area contributed by atoms with Crippen LogP contribution >= 0.6 is 12.4 Å². The SMILES string of the molecule is COc1cc(C[C@@H](NCC=O)c2cccc3ccccc23)cc(OC)c1OC.Cl. The maximum atomic E-state index is 11.0. The lowest BCUT2D eigenvalue weighted by atomic mass is 9.93. The Bertz CT molecular complexity index is 930. The third-order valence-corrected chi connectivity index (χ3v) is 4.81. The molecular weight excluding hydrogens is 390 g/mol. The Hall–Kier alpha value is -2.76. The van der Waals surface area contributed by atoms with Gasteiger partial charge < -0.3 is 24.3 Å². The van der Waals surface area contributed by atoms with E-state index in [1.54, 1.807) is 21.3 Å². The average Bonchev–Trinajstić information content (AvgIpc) is 2.75. The number of carbonyl (C=O) groups excluding carboxylic acids is 1. The van der Waals surface area contributed by atoms with Crippen LogP contribution in [0.3, 0.4) is 0 Å². The molecule has 0 saturated heterocycles. The van der Waals surface area contributed by atoms with Gasteiger partial charge in [0, 0.05) is 6.04 Å². The van der Waals surface area contributed by atoms with Crippen LogP contribution in [0.15, 0.2) is 54.6 Å². The maximum Gasteiger partial charge on any atom is 0.203 e. The van der Waals surface area contributed by atoms with Crippen molar-refractivity contribution >= 4 is 29.5 Å². The summed E-state index contributed by atoms with van der Waals surface area (Å²) in [5, 5.41) is 5.69. The van der Waals surface area contributed by atoms with Gasteiger partial charge in [-0.1, -0.05) is 42.5 Å². The number of hydrogen-bond acceptors (Lipinski definition) is 5. The van der Waals surface area contributed by atoms with E-state index in [0.717, 1.165) is 17.4 Å². The molecule has 0 saturated carbocycles. The van der Waals surface area contributed by atoms with Crippen molar-refractivity contribution in [2.75, 3.05) is 27.9 Å². The monoisotopic (exact) mass is 415 g/mol. The van der Waals surface area contributed by atoms with Crippen LogP contribution in [-0.2, 0) is 11.2 Å². The van der Waals surface area contributed by atoms with E-state index >= 15 is 0 Å². The second-order valence-corrected chi connectivity index (χ2v) is 6.43. The van der Waals surface area contributed by atoms with Gasteiger partial charge in [-0.15, -0.1) is 12.4 Å². The first kappa shape index (κ1) is 22.5. The first-order chi connectivity index (χ1) is 13.7. The molecule has 29 heavy (non-hydrogen) atoms. The highest BCUT2D eigenvalue weighted by Gasteiger charge is 2.18. The number of hydrogen-bond donors (Lipinski definition) is 1. The molecule has 3 rings (SSSR count). The molecule has 154 valence electrons. The molecule has 1 atom stereocenters. The van der Waals surface area contributed by atoms with Crippen LogP contribution in [0, 0.1) is 0 Å². The van der Waals surface area contributed by atoms with Gasteiger partial charge in [-0.25, -0.2) is 0 Å². The lowest BCUT2D eigenvalue weighted by Crippen LogP contribution is -2.25. The molecular formula is C23H26ClNO4. The minimum atomic E-state index is -0.0425. The van der Waals surface area contributed by atoms with Crippen molar-refractivity contribution in [1.29, 1.82) is 0 Å². The number of fused-ring (bicyclic) bond motifs is 1. The molecule has 0 unspecified atom stereocenters. The number of aldehydes is 1. The minimum absolute atomic E-state index is 0. The van der Waals surface area contributed by atoms with E-state index < -0.39 is 0 Å². The van der Waals surface area contributed by atoms with Gasteiger partial charge in [-0.05, 0) is 40.5 Å². The van der Waals surface area contributed by atoms with Crippen LogP contribution < -0.4 is 19.5 Å². The standard InChI is InChI=1S/C23H25NO4.ClH/c1-26-21-14-16(15-22(27-2)23(21)28-3)13-20(24-11-12-25)19-10-6-8-17-7-4-5-9-18(17)19;/h4-10,12,14-15,20,24H,11,13H2,1-3H3;1H/t20-;/m1./s1. The lowest BCUT2D eigenvalue weighted by molar-refractivity contribution is -0.107. The molecule has 0 aliphatic carbocycles. The zero-order valence-corrected chi connectivity index (χ0v) is 17.6. The number of methoxy groups -OCH3 is 3. The summed E-state index contributed by atoms with van der Waals surface area (Å²) in [6, 6.07) is 18.3. The molecule has 0 radical (unpaired) electrons. The smallest absolute Gasteiger partial charge is 0.203 e. The first-order valence-electron chi connectivity index (χ1n) is 9.15. The highest BCUT2D eigenvalue weighted by molar-refractivity contribution is 5.86. The topological polar surface area (TPSA) is 56.8 Å². The van der Waals surface area contributed by atoms with E-state index in [1.807, 2.05) is 30.3 Å². The summed E-state index contributed by atoms with van der Waals surface area (Å²) in [6.45, 7) is 0.276. The predicted molar refractivity (Wildman–Crippen MR) is 118 cm³/mol. The van der Waals surface area contributed by atoms with Gasteiger partial charge >= 0.3 is 0 Å². The van der Waals surface area contributed by atoms with Crippen molar-refractivity contribution in [3.05, 3.63) is 65.7 Å². The fraction of sp³-hybridized carbons (Fsp3) is 0.261. The van der Waals surface area contributed by atoms with E-state index in [0.29, 0.717) is 23.7 Å². The van der Waals surface area contributed by atoms with E-state index in [9.17, 15) is 4.79 Å². The first-order valence-corrected chi connectivity index (χ1v) is 9.15.